The molecule has 0 bridgehead atoms. The molecule has 0 amide bonds. The molecule has 0 fully saturated rings. The van der Waals surface area contributed by atoms with Crippen LogP contribution in [0.3, 0.4) is 0 Å². The van der Waals surface area contributed by atoms with Gasteiger partial charge in [-0.3, -0.25) is 4.68 Å². The summed E-state index contributed by atoms with van der Waals surface area (Å²) >= 11 is 0. The molecule has 0 radical (unpaired) electrons. The molecule has 2 aromatic heterocycles. The van der Waals surface area contributed by atoms with Gasteiger partial charge in [-0.15, -0.1) is 5.10 Å². The zero-order valence-electron chi connectivity index (χ0n) is 11.1. The van der Waals surface area contributed by atoms with E-state index < -0.39 is 0 Å². The fourth-order valence-corrected chi connectivity index (χ4v) is 1.94. The number of hydrogen-bond acceptors (Lipinski definition) is 5. The average molecular weight is 269 g/mol. The first-order valence-corrected chi connectivity index (χ1v) is 6.30. The van der Waals surface area contributed by atoms with Crippen molar-refractivity contribution in [2.75, 3.05) is 5.32 Å². The number of aromatic nitrogens is 6. The summed E-state index contributed by atoms with van der Waals surface area (Å²) < 4.78 is 3.55. The van der Waals surface area contributed by atoms with Crippen LogP contribution < -0.4 is 5.32 Å². The van der Waals surface area contributed by atoms with Crippen molar-refractivity contribution in [1.29, 1.82) is 0 Å². The zero-order chi connectivity index (χ0) is 13.8. The third-order valence-electron chi connectivity index (χ3n) is 3.02. The van der Waals surface area contributed by atoms with Crippen LogP contribution in [0.5, 0.6) is 0 Å². The largest absolute Gasteiger partial charge is 0.379 e. The van der Waals surface area contributed by atoms with Crippen molar-refractivity contribution in [1.82, 2.24) is 29.8 Å². The first kappa shape index (κ1) is 12.3. The highest BCUT2D eigenvalue weighted by atomic mass is 15.4. The Hall–Kier alpha value is -2.70. The summed E-state index contributed by atoms with van der Waals surface area (Å²) in [6.07, 6.45) is 5.01. The molecule has 0 saturated heterocycles. The van der Waals surface area contributed by atoms with Crippen LogP contribution in [-0.4, -0.2) is 29.8 Å². The minimum atomic E-state index is 0.691. The van der Waals surface area contributed by atoms with Gasteiger partial charge in [0.2, 0.25) is 0 Å². The van der Waals surface area contributed by atoms with E-state index in [0.29, 0.717) is 13.1 Å². The predicted molar refractivity (Wildman–Crippen MR) is 73.9 cm³/mol. The van der Waals surface area contributed by atoms with Gasteiger partial charge < -0.3 is 5.32 Å². The van der Waals surface area contributed by atoms with Gasteiger partial charge in [-0.2, -0.15) is 5.10 Å². The maximum Gasteiger partial charge on any atom is 0.137 e. The van der Waals surface area contributed by atoms with Gasteiger partial charge in [-0.1, -0.05) is 17.3 Å². The van der Waals surface area contributed by atoms with Gasteiger partial charge in [0.25, 0.3) is 0 Å². The SMILES string of the molecule is Cn1nncc1CNc1cccc(Cn2cncn2)c1. The van der Waals surface area contributed by atoms with E-state index in [2.05, 4.69) is 37.8 Å². The average Bonchev–Trinajstić information content (AvgIpc) is 3.09. The Labute approximate surface area is 116 Å². The van der Waals surface area contributed by atoms with Crippen LogP contribution in [0.2, 0.25) is 0 Å². The van der Waals surface area contributed by atoms with E-state index >= 15 is 0 Å². The third kappa shape index (κ3) is 2.82. The molecule has 3 aromatic rings. The van der Waals surface area contributed by atoms with Crippen molar-refractivity contribution in [3.05, 3.63) is 54.4 Å². The minimum absolute atomic E-state index is 0.691. The van der Waals surface area contributed by atoms with Crippen molar-refractivity contribution < 1.29 is 0 Å². The Morgan fingerprint density at radius 2 is 2.25 bits per heavy atom. The fraction of sp³-hybridized carbons (Fsp3) is 0.231. The molecule has 0 atom stereocenters. The second-order valence-electron chi connectivity index (χ2n) is 4.50. The van der Waals surface area contributed by atoms with Gasteiger partial charge in [0.05, 0.1) is 25.0 Å². The molecule has 0 unspecified atom stereocenters. The Bertz CT molecular complexity index is 672. The first-order valence-electron chi connectivity index (χ1n) is 6.30. The molecule has 0 saturated carbocycles. The van der Waals surface area contributed by atoms with Gasteiger partial charge in [-0.05, 0) is 17.7 Å². The van der Waals surface area contributed by atoms with Crippen molar-refractivity contribution in [2.45, 2.75) is 13.1 Å². The summed E-state index contributed by atoms with van der Waals surface area (Å²) in [5.41, 5.74) is 3.26. The fourth-order valence-electron chi connectivity index (χ4n) is 1.94. The summed E-state index contributed by atoms with van der Waals surface area (Å²) in [5, 5.41) is 15.2. The molecule has 0 aliphatic heterocycles. The molecular weight excluding hydrogens is 254 g/mol. The lowest BCUT2D eigenvalue weighted by Crippen LogP contribution is -2.06. The van der Waals surface area contributed by atoms with E-state index in [0.717, 1.165) is 11.4 Å². The monoisotopic (exact) mass is 269 g/mol. The number of aryl methyl sites for hydroxylation is 1. The lowest BCUT2D eigenvalue weighted by atomic mass is 10.2. The summed E-state index contributed by atoms with van der Waals surface area (Å²) in [7, 11) is 1.88. The molecule has 0 spiro atoms. The highest BCUT2D eigenvalue weighted by Gasteiger charge is 2.01. The summed E-state index contributed by atoms with van der Waals surface area (Å²) in [4.78, 5) is 3.94. The number of benzene rings is 1. The van der Waals surface area contributed by atoms with Crippen molar-refractivity contribution in [3.63, 3.8) is 0 Å². The van der Waals surface area contributed by atoms with Crippen LogP contribution in [0.1, 0.15) is 11.3 Å². The van der Waals surface area contributed by atoms with E-state index in [4.69, 9.17) is 0 Å². The van der Waals surface area contributed by atoms with Crippen LogP contribution in [-0.2, 0) is 20.1 Å². The van der Waals surface area contributed by atoms with Crippen LogP contribution in [0.4, 0.5) is 5.69 Å². The smallest absolute Gasteiger partial charge is 0.137 e. The second kappa shape index (κ2) is 5.52. The van der Waals surface area contributed by atoms with Crippen molar-refractivity contribution in [3.8, 4) is 0 Å². The van der Waals surface area contributed by atoms with Crippen LogP contribution >= 0.6 is 0 Å². The molecule has 3 rings (SSSR count). The number of hydrogen-bond donors (Lipinski definition) is 1. The van der Waals surface area contributed by atoms with Gasteiger partial charge in [0, 0.05) is 12.7 Å². The van der Waals surface area contributed by atoms with E-state index in [-0.39, 0.29) is 0 Å². The molecule has 2 heterocycles. The molecule has 0 aliphatic rings. The molecule has 20 heavy (non-hydrogen) atoms. The lowest BCUT2D eigenvalue weighted by molar-refractivity contribution is 0.682. The number of nitrogens with zero attached hydrogens (tertiary/aromatic N) is 6. The normalized spacial score (nSPS) is 10.7. The van der Waals surface area contributed by atoms with E-state index in [1.54, 1.807) is 21.9 Å². The van der Waals surface area contributed by atoms with Crippen LogP contribution in [0, 0.1) is 0 Å². The number of nitrogens with one attached hydrogen (secondary N) is 1. The van der Waals surface area contributed by atoms with E-state index in [1.807, 2.05) is 19.2 Å². The van der Waals surface area contributed by atoms with Gasteiger partial charge in [0.15, 0.2) is 0 Å². The molecule has 7 heteroatoms. The minimum Gasteiger partial charge on any atom is -0.379 e. The Kier molecular flexibility index (Phi) is 3.40. The quantitative estimate of drug-likeness (QED) is 0.750. The van der Waals surface area contributed by atoms with E-state index in [1.165, 1.54) is 11.9 Å². The Morgan fingerprint density at radius 1 is 1.30 bits per heavy atom. The van der Waals surface area contributed by atoms with E-state index in [9.17, 15) is 0 Å². The summed E-state index contributed by atoms with van der Waals surface area (Å²) in [6.45, 7) is 1.40. The summed E-state index contributed by atoms with van der Waals surface area (Å²) in [5.74, 6) is 0. The third-order valence-corrected chi connectivity index (χ3v) is 3.02. The van der Waals surface area contributed by atoms with Crippen molar-refractivity contribution >= 4 is 5.69 Å². The molecular formula is C13H15N7. The maximum absolute atomic E-state index is 4.10. The first-order chi connectivity index (χ1) is 9.81. The molecule has 1 aromatic carbocycles. The van der Waals surface area contributed by atoms with Gasteiger partial charge >= 0.3 is 0 Å². The Morgan fingerprint density at radius 3 is 3.00 bits per heavy atom. The molecule has 102 valence electrons. The van der Waals surface area contributed by atoms with Gasteiger partial charge in [-0.25, -0.2) is 9.67 Å². The number of rotatable bonds is 5. The van der Waals surface area contributed by atoms with Crippen LogP contribution in [0.25, 0.3) is 0 Å². The van der Waals surface area contributed by atoms with Gasteiger partial charge in [0.1, 0.15) is 12.7 Å². The maximum atomic E-state index is 4.10. The standard InChI is InChI=1S/C13H15N7/c1-19-13(7-16-18-19)6-15-12-4-2-3-11(5-12)8-20-10-14-9-17-20/h2-5,7,9-10,15H,6,8H2,1H3. The molecule has 7 nitrogen and oxygen atoms in total. The highest BCUT2D eigenvalue weighted by molar-refractivity contribution is 5.45. The topological polar surface area (TPSA) is 73.5 Å². The highest BCUT2D eigenvalue weighted by Crippen LogP contribution is 2.12. The lowest BCUT2D eigenvalue weighted by Gasteiger charge is -2.08. The van der Waals surface area contributed by atoms with Crippen LogP contribution in [0.15, 0.2) is 43.1 Å². The molecule has 1 N–H and O–H groups in total. The zero-order valence-corrected chi connectivity index (χ0v) is 11.1. The Balaban J connectivity index is 1.67. The predicted octanol–water partition coefficient (Wildman–Crippen LogP) is 1.07. The number of anilines is 1. The molecule has 0 aliphatic carbocycles. The van der Waals surface area contributed by atoms with Crippen molar-refractivity contribution in [2.24, 2.45) is 7.05 Å². The summed E-state index contributed by atoms with van der Waals surface area (Å²) in [6, 6.07) is 8.23. The second-order valence-corrected chi connectivity index (χ2v) is 4.50.